The van der Waals surface area contributed by atoms with E-state index < -0.39 is 0 Å². The fourth-order valence-corrected chi connectivity index (χ4v) is 1.69. The predicted octanol–water partition coefficient (Wildman–Crippen LogP) is 1.68. The minimum absolute atomic E-state index is 0.247. The maximum absolute atomic E-state index is 11.8. The zero-order valence-electron chi connectivity index (χ0n) is 10.1. The van der Waals surface area contributed by atoms with Gasteiger partial charge in [-0.2, -0.15) is 0 Å². The van der Waals surface area contributed by atoms with Crippen molar-refractivity contribution in [1.82, 2.24) is 15.0 Å². The number of aromatic nitrogens is 3. The number of benzene rings is 1. The molecular formula is C12H14N4O. The Labute approximate surface area is 99.5 Å². The van der Waals surface area contributed by atoms with E-state index in [2.05, 4.69) is 21.7 Å². The van der Waals surface area contributed by atoms with Crippen molar-refractivity contribution in [2.45, 2.75) is 13.8 Å². The Bertz CT molecular complexity index is 539. The van der Waals surface area contributed by atoms with Crippen LogP contribution in [0.5, 0.6) is 0 Å². The molecule has 0 aliphatic rings. The van der Waals surface area contributed by atoms with Crippen LogP contribution in [0, 0.1) is 13.8 Å². The van der Waals surface area contributed by atoms with E-state index in [9.17, 15) is 4.79 Å². The molecule has 0 radical (unpaired) electrons. The molecule has 1 aromatic carbocycles. The molecule has 1 amide bonds. The van der Waals surface area contributed by atoms with Crippen LogP contribution in [0.3, 0.4) is 0 Å². The number of carbonyl (C=O) groups is 1. The molecular weight excluding hydrogens is 216 g/mol. The average Bonchev–Trinajstić information content (AvgIpc) is 2.63. The van der Waals surface area contributed by atoms with Crippen molar-refractivity contribution in [2.24, 2.45) is 7.05 Å². The quantitative estimate of drug-likeness (QED) is 0.854. The Morgan fingerprint density at radius 2 is 1.88 bits per heavy atom. The molecule has 0 saturated heterocycles. The SMILES string of the molecule is Cc1cc(C)cc(NC(=O)c2cn(C)nn2)c1. The second-order valence-electron chi connectivity index (χ2n) is 4.11. The number of aryl methyl sites for hydroxylation is 3. The fourth-order valence-electron chi connectivity index (χ4n) is 1.69. The lowest BCUT2D eigenvalue weighted by Crippen LogP contribution is -2.12. The molecule has 17 heavy (non-hydrogen) atoms. The van der Waals surface area contributed by atoms with Gasteiger partial charge < -0.3 is 5.32 Å². The van der Waals surface area contributed by atoms with E-state index in [4.69, 9.17) is 0 Å². The second kappa shape index (κ2) is 4.37. The van der Waals surface area contributed by atoms with Gasteiger partial charge in [0.25, 0.3) is 5.91 Å². The number of nitrogens with zero attached hydrogens (tertiary/aromatic N) is 3. The Morgan fingerprint density at radius 1 is 1.24 bits per heavy atom. The van der Waals surface area contributed by atoms with Gasteiger partial charge in [0, 0.05) is 12.7 Å². The first-order valence-corrected chi connectivity index (χ1v) is 5.30. The third-order valence-electron chi connectivity index (χ3n) is 2.31. The van der Waals surface area contributed by atoms with Crippen LogP contribution in [0.2, 0.25) is 0 Å². The van der Waals surface area contributed by atoms with Gasteiger partial charge >= 0.3 is 0 Å². The lowest BCUT2D eigenvalue weighted by atomic mass is 10.1. The summed E-state index contributed by atoms with van der Waals surface area (Å²) in [5, 5.41) is 10.3. The molecule has 2 rings (SSSR count). The van der Waals surface area contributed by atoms with Crippen molar-refractivity contribution < 1.29 is 4.79 Å². The Kier molecular flexibility index (Phi) is 2.91. The lowest BCUT2D eigenvalue weighted by Gasteiger charge is -2.05. The maximum atomic E-state index is 11.8. The van der Waals surface area contributed by atoms with E-state index in [-0.39, 0.29) is 5.91 Å². The number of hydrogen-bond donors (Lipinski definition) is 1. The Balaban J connectivity index is 2.18. The minimum Gasteiger partial charge on any atom is -0.321 e. The smallest absolute Gasteiger partial charge is 0.277 e. The third kappa shape index (κ3) is 2.69. The van der Waals surface area contributed by atoms with Gasteiger partial charge in [-0.25, -0.2) is 0 Å². The molecule has 0 saturated carbocycles. The molecule has 5 heteroatoms. The van der Waals surface area contributed by atoms with E-state index >= 15 is 0 Å². The molecule has 1 N–H and O–H groups in total. The summed E-state index contributed by atoms with van der Waals surface area (Å²) in [5.41, 5.74) is 3.31. The summed E-state index contributed by atoms with van der Waals surface area (Å²) >= 11 is 0. The number of hydrogen-bond acceptors (Lipinski definition) is 3. The second-order valence-corrected chi connectivity index (χ2v) is 4.11. The van der Waals surface area contributed by atoms with E-state index in [0.29, 0.717) is 5.69 Å². The largest absolute Gasteiger partial charge is 0.321 e. The summed E-state index contributed by atoms with van der Waals surface area (Å²) in [4.78, 5) is 11.8. The van der Waals surface area contributed by atoms with E-state index in [0.717, 1.165) is 16.8 Å². The highest BCUT2D eigenvalue weighted by Gasteiger charge is 2.10. The van der Waals surface area contributed by atoms with Crippen LogP contribution in [0.1, 0.15) is 21.6 Å². The first-order chi connectivity index (χ1) is 8.04. The van der Waals surface area contributed by atoms with Gasteiger partial charge in [0.05, 0.1) is 6.20 Å². The molecule has 5 nitrogen and oxygen atoms in total. The van der Waals surface area contributed by atoms with Crippen LogP contribution >= 0.6 is 0 Å². The molecule has 88 valence electrons. The molecule has 1 aromatic heterocycles. The first kappa shape index (κ1) is 11.3. The van der Waals surface area contributed by atoms with Crippen LogP contribution in [0.15, 0.2) is 24.4 Å². The van der Waals surface area contributed by atoms with Crippen LogP contribution in [0.25, 0.3) is 0 Å². The van der Waals surface area contributed by atoms with Crippen LogP contribution < -0.4 is 5.32 Å². The molecule has 2 aromatic rings. The van der Waals surface area contributed by atoms with Gasteiger partial charge in [-0.3, -0.25) is 9.48 Å². The van der Waals surface area contributed by atoms with Crippen molar-refractivity contribution >= 4 is 11.6 Å². The molecule has 0 aliphatic heterocycles. The van der Waals surface area contributed by atoms with Crippen LogP contribution in [0.4, 0.5) is 5.69 Å². The summed E-state index contributed by atoms with van der Waals surface area (Å²) in [6, 6.07) is 5.89. The van der Waals surface area contributed by atoms with Gasteiger partial charge in [0.1, 0.15) is 0 Å². The standard InChI is InChI=1S/C12H14N4O/c1-8-4-9(2)6-10(5-8)13-12(17)11-7-16(3)15-14-11/h4-7H,1-3H3,(H,13,17). The lowest BCUT2D eigenvalue weighted by molar-refractivity contribution is 0.102. The normalized spacial score (nSPS) is 10.3. The highest BCUT2D eigenvalue weighted by Crippen LogP contribution is 2.14. The molecule has 0 atom stereocenters. The highest BCUT2D eigenvalue weighted by atomic mass is 16.2. The van der Waals surface area contributed by atoms with Crippen molar-refractivity contribution in [1.29, 1.82) is 0 Å². The molecule has 0 aliphatic carbocycles. The zero-order chi connectivity index (χ0) is 12.4. The van der Waals surface area contributed by atoms with Gasteiger partial charge in [-0.05, 0) is 37.1 Å². The summed E-state index contributed by atoms with van der Waals surface area (Å²) in [5.74, 6) is -0.247. The molecule has 0 bridgehead atoms. The van der Waals surface area contributed by atoms with Crippen molar-refractivity contribution in [3.05, 3.63) is 41.2 Å². The third-order valence-corrected chi connectivity index (χ3v) is 2.31. The molecule has 0 spiro atoms. The van der Waals surface area contributed by atoms with Crippen LogP contribution in [-0.4, -0.2) is 20.9 Å². The number of rotatable bonds is 2. The van der Waals surface area contributed by atoms with Crippen molar-refractivity contribution in [2.75, 3.05) is 5.32 Å². The molecule has 0 fully saturated rings. The van der Waals surface area contributed by atoms with Gasteiger partial charge in [-0.15, -0.1) is 5.10 Å². The van der Waals surface area contributed by atoms with Crippen molar-refractivity contribution in [3.63, 3.8) is 0 Å². The van der Waals surface area contributed by atoms with Gasteiger partial charge in [-0.1, -0.05) is 11.3 Å². The Morgan fingerprint density at radius 3 is 2.41 bits per heavy atom. The number of anilines is 1. The average molecular weight is 230 g/mol. The van der Waals surface area contributed by atoms with Crippen LogP contribution in [-0.2, 0) is 7.05 Å². The number of carbonyl (C=O) groups excluding carboxylic acids is 1. The first-order valence-electron chi connectivity index (χ1n) is 5.30. The van der Waals surface area contributed by atoms with Gasteiger partial charge in [0.15, 0.2) is 5.69 Å². The highest BCUT2D eigenvalue weighted by molar-refractivity contribution is 6.02. The number of amides is 1. The van der Waals surface area contributed by atoms with Crippen molar-refractivity contribution in [3.8, 4) is 0 Å². The summed E-state index contributed by atoms with van der Waals surface area (Å²) in [7, 11) is 1.72. The van der Waals surface area contributed by atoms with E-state index in [1.54, 1.807) is 13.2 Å². The minimum atomic E-state index is -0.247. The Hall–Kier alpha value is -2.17. The molecule has 0 unspecified atom stereocenters. The summed E-state index contributed by atoms with van der Waals surface area (Å²) in [6.45, 7) is 3.98. The topological polar surface area (TPSA) is 59.8 Å². The number of nitrogens with one attached hydrogen (secondary N) is 1. The summed E-state index contributed by atoms with van der Waals surface area (Å²) in [6.07, 6.45) is 1.58. The monoisotopic (exact) mass is 230 g/mol. The summed E-state index contributed by atoms with van der Waals surface area (Å²) < 4.78 is 1.50. The fraction of sp³-hybridized carbons (Fsp3) is 0.250. The van der Waals surface area contributed by atoms with E-state index in [1.165, 1.54) is 4.68 Å². The molecule has 1 heterocycles. The zero-order valence-corrected chi connectivity index (χ0v) is 10.1. The predicted molar refractivity (Wildman–Crippen MR) is 64.9 cm³/mol. The van der Waals surface area contributed by atoms with E-state index in [1.807, 2.05) is 26.0 Å². The maximum Gasteiger partial charge on any atom is 0.277 e. The van der Waals surface area contributed by atoms with Gasteiger partial charge in [0.2, 0.25) is 0 Å².